The van der Waals surface area contributed by atoms with Crippen LogP contribution in [-0.2, 0) is 6.54 Å². The molecule has 0 aromatic heterocycles. The van der Waals surface area contributed by atoms with Gasteiger partial charge in [-0.25, -0.2) is 0 Å². The second-order valence-electron chi connectivity index (χ2n) is 5.01. The first-order valence-corrected chi connectivity index (χ1v) is 6.40. The minimum atomic E-state index is 0.208. The Labute approximate surface area is 104 Å². The van der Waals surface area contributed by atoms with Crippen LogP contribution < -0.4 is 5.32 Å². The molecule has 1 aliphatic rings. The molecule has 0 bridgehead atoms. The van der Waals surface area contributed by atoms with Crippen molar-refractivity contribution >= 4 is 0 Å². The molecule has 1 fully saturated rings. The van der Waals surface area contributed by atoms with Crippen molar-refractivity contribution in [2.75, 3.05) is 0 Å². The molecule has 0 amide bonds. The maximum absolute atomic E-state index is 9.04. The van der Waals surface area contributed by atoms with Crippen molar-refractivity contribution in [1.29, 1.82) is 5.26 Å². The molecule has 2 nitrogen and oxygen atoms in total. The van der Waals surface area contributed by atoms with E-state index in [1.165, 1.54) is 23.1 Å². The van der Waals surface area contributed by atoms with Crippen LogP contribution in [0, 0.1) is 31.1 Å². The smallest absolute Gasteiger partial charge is 0.0672 e. The monoisotopic (exact) mass is 228 g/mol. The Morgan fingerprint density at radius 1 is 1.35 bits per heavy atom. The Bertz CT molecular complexity index is 431. The first-order chi connectivity index (χ1) is 8.22. The van der Waals surface area contributed by atoms with Crippen LogP contribution in [0.15, 0.2) is 18.2 Å². The standard InChI is InChI=1S/C15H20N2/c1-11-5-3-7-14(12(11)2)10-17-15-8-4-6-13(15)9-16/h3,5,7,13,15,17H,4,6,8,10H2,1-2H3. The van der Waals surface area contributed by atoms with Gasteiger partial charge in [0.25, 0.3) is 0 Å². The van der Waals surface area contributed by atoms with E-state index in [4.69, 9.17) is 5.26 Å². The minimum Gasteiger partial charge on any atom is -0.309 e. The molecule has 0 aliphatic heterocycles. The molecule has 2 heteroatoms. The van der Waals surface area contributed by atoms with Gasteiger partial charge in [-0.15, -0.1) is 0 Å². The van der Waals surface area contributed by atoms with Gasteiger partial charge in [-0.05, 0) is 43.4 Å². The average molecular weight is 228 g/mol. The van der Waals surface area contributed by atoms with Gasteiger partial charge in [-0.3, -0.25) is 0 Å². The summed E-state index contributed by atoms with van der Waals surface area (Å²) in [4.78, 5) is 0. The van der Waals surface area contributed by atoms with Gasteiger partial charge >= 0.3 is 0 Å². The molecule has 0 saturated heterocycles. The fourth-order valence-electron chi connectivity index (χ4n) is 2.60. The Kier molecular flexibility index (Phi) is 3.81. The fourth-order valence-corrected chi connectivity index (χ4v) is 2.60. The number of nitrogens with zero attached hydrogens (tertiary/aromatic N) is 1. The van der Waals surface area contributed by atoms with E-state index >= 15 is 0 Å². The predicted molar refractivity (Wildman–Crippen MR) is 69.5 cm³/mol. The fraction of sp³-hybridized carbons (Fsp3) is 0.533. The SMILES string of the molecule is Cc1cccc(CNC2CCCC2C#N)c1C. The van der Waals surface area contributed by atoms with E-state index in [-0.39, 0.29) is 5.92 Å². The highest BCUT2D eigenvalue weighted by Gasteiger charge is 2.26. The number of nitrogens with one attached hydrogen (secondary N) is 1. The van der Waals surface area contributed by atoms with Crippen LogP contribution in [0.1, 0.15) is 36.0 Å². The third kappa shape index (κ3) is 2.68. The molecule has 1 saturated carbocycles. The number of hydrogen-bond donors (Lipinski definition) is 1. The number of benzene rings is 1. The summed E-state index contributed by atoms with van der Waals surface area (Å²) in [6, 6.07) is 9.23. The van der Waals surface area contributed by atoms with E-state index < -0.39 is 0 Å². The third-order valence-electron chi connectivity index (χ3n) is 3.95. The Morgan fingerprint density at radius 2 is 2.18 bits per heavy atom. The highest BCUT2D eigenvalue weighted by molar-refractivity contribution is 5.33. The lowest BCUT2D eigenvalue weighted by atomic mass is 10.0. The average Bonchev–Trinajstić information content (AvgIpc) is 2.78. The summed E-state index contributed by atoms with van der Waals surface area (Å²) in [5, 5.41) is 12.6. The number of hydrogen-bond acceptors (Lipinski definition) is 2. The van der Waals surface area contributed by atoms with E-state index in [0.717, 1.165) is 19.4 Å². The van der Waals surface area contributed by atoms with Gasteiger partial charge in [-0.2, -0.15) is 5.26 Å². The van der Waals surface area contributed by atoms with E-state index in [1.807, 2.05) is 0 Å². The van der Waals surface area contributed by atoms with Crippen LogP contribution in [-0.4, -0.2) is 6.04 Å². The van der Waals surface area contributed by atoms with Gasteiger partial charge < -0.3 is 5.32 Å². The zero-order valence-electron chi connectivity index (χ0n) is 10.7. The summed E-state index contributed by atoms with van der Waals surface area (Å²) < 4.78 is 0. The van der Waals surface area contributed by atoms with Crippen molar-refractivity contribution < 1.29 is 0 Å². The maximum Gasteiger partial charge on any atom is 0.0672 e. The van der Waals surface area contributed by atoms with Gasteiger partial charge in [0.2, 0.25) is 0 Å². The number of aryl methyl sites for hydroxylation is 1. The molecule has 2 unspecified atom stereocenters. The van der Waals surface area contributed by atoms with Crippen LogP contribution in [0.25, 0.3) is 0 Å². The topological polar surface area (TPSA) is 35.8 Å². The number of nitriles is 1. The van der Waals surface area contributed by atoms with E-state index in [0.29, 0.717) is 6.04 Å². The Hall–Kier alpha value is -1.33. The van der Waals surface area contributed by atoms with Gasteiger partial charge in [0.05, 0.1) is 12.0 Å². The normalized spacial score (nSPS) is 23.6. The molecule has 1 aromatic carbocycles. The summed E-state index contributed by atoms with van der Waals surface area (Å²) in [6.45, 7) is 5.20. The van der Waals surface area contributed by atoms with Crippen molar-refractivity contribution in [2.45, 2.75) is 45.7 Å². The predicted octanol–water partition coefficient (Wildman–Crippen LogP) is 3.09. The first kappa shape index (κ1) is 12.1. The highest BCUT2D eigenvalue weighted by atomic mass is 14.9. The first-order valence-electron chi connectivity index (χ1n) is 6.40. The van der Waals surface area contributed by atoms with E-state index in [9.17, 15) is 0 Å². The summed E-state index contributed by atoms with van der Waals surface area (Å²) in [7, 11) is 0. The lowest BCUT2D eigenvalue weighted by Crippen LogP contribution is -2.31. The molecule has 1 N–H and O–H groups in total. The molecular formula is C15H20N2. The molecule has 90 valence electrons. The van der Waals surface area contributed by atoms with Gasteiger partial charge in [0.15, 0.2) is 0 Å². The van der Waals surface area contributed by atoms with Crippen LogP contribution >= 0.6 is 0 Å². The molecule has 1 aromatic rings. The Morgan fingerprint density at radius 3 is 2.94 bits per heavy atom. The molecule has 0 radical (unpaired) electrons. The molecule has 2 atom stereocenters. The summed E-state index contributed by atoms with van der Waals surface area (Å²) in [5.74, 6) is 0.208. The van der Waals surface area contributed by atoms with Crippen molar-refractivity contribution in [3.05, 3.63) is 34.9 Å². The van der Waals surface area contributed by atoms with Crippen molar-refractivity contribution in [3.8, 4) is 6.07 Å². The summed E-state index contributed by atoms with van der Waals surface area (Å²) >= 11 is 0. The summed E-state index contributed by atoms with van der Waals surface area (Å²) in [6.07, 6.45) is 3.38. The quantitative estimate of drug-likeness (QED) is 0.863. The third-order valence-corrected chi connectivity index (χ3v) is 3.95. The zero-order valence-corrected chi connectivity index (χ0v) is 10.7. The van der Waals surface area contributed by atoms with Crippen molar-refractivity contribution in [3.63, 3.8) is 0 Å². The maximum atomic E-state index is 9.04. The van der Waals surface area contributed by atoms with Gasteiger partial charge in [0.1, 0.15) is 0 Å². The molecular weight excluding hydrogens is 208 g/mol. The van der Waals surface area contributed by atoms with E-state index in [2.05, 4.69) is 43.4 Å². The van der Waals surface area contributed by atoms with Crippen LogP contribution in [0.3, 0.4) is 0 Å². The second kappa shape index (κ2) is 5.33. The largest absolute Gasteiger partial charge is 0.309 e. The van der Waals surface area contributed by atoms with Crippen LogP contribution in [0.5, 0.6) is 0 Å². The zero-order chi connectivity index (χ0) is 12.3. The Balaban J connectivity index is 1.98. The molecule has 2 rings (SSSR count). The van der Waals surface area contributed by atoms with Crippen molar-refractivity contribution in [2.24, 2.45) is 5.92 Å². The van der Waals surface area contributed by atoms with Gasteiger partial charge in [0, 0.05) is 12.6 Å². The van der Waals surface area contributed by atoms with E-state index in [1.54, 1.807) is 0 Å². The summed E-state index contributed by atoms with van der Waals surface area (Å²) in [5.41, 5.74) is 4.06. The van der Waals surface area contributed by atoms with Crippen LogP contribution in [0.2, 0.25) is 0 Å². The molecule has 1 aliphatic carbocycles. The lowest BCUT2D eigenvalue weighted by molar-refractivity contribution is 0.464. The van der Waals surface area contributed by atoms with Crippen molar-refractivity contribution in [1.82, 2.24) is 5.32 Å². The molecule has 0 spiro atoms. The second-order valence-corrected chi connectivity index (χ2v) is 5.01. The minimum absolute atomic E-state index is 0.208. The number of rotatable bonds is 3. The lowest BCUT2D eigenvalue weighted by Gasteiger charge is -2.17. The van der Waals surface area contributed by atoms with Gasteiger partial charge in [-0.1, -0.05) is 24.6 Å². The molecule has 0 heterocycles. The highest BCUT2D eigenvalue weighted by Crippen LogP contribution is 2.25. The molecule has 17 heavy (non-hydrogen) atoms. The van der Waals surface area contributed by atoms with Crippen LogP contribution in [0.4, 0.5) is 0 Å².